The third-order valence-corrected chi connectivity index (χ3v) is 2.93. The number of aromatic nitrogens is 1. The van der Waals surface area contributed by atoms with Gasteiger partial charge in [0.2, 0.25) is 0 Å². The SMILES string of the molecule is CC(CC1CC1)Nc1ncc(C(=O)O)cc1N. The van der Waals surface area contributed by atoms with Gasteiger partial charge in [-0.15, -0.1) is 0 Å². The fourth-order valence-electron chi connectivity index (χ4n) is 1.87. The van der Waals surface area contributed by atoms with Gasteiger partial charge in [0.15, 0.2) is 0 Å². The molecule has 0 spiro atoms. The second-order valence-corrected chi connectivity index (χ2v) is 4.69. The summed E-state index contributed by atoms with van der Waals surface area (Å²) >= 11 is 0. The summed E-state index contributed by atoms with van der Waals surface area (Å²) in [6.45, 7) is 2.09. The fraction of sp³-hybridized carbons (Fsp3) is 0.500. The van der Waals surface area contributed by atoms with Crippen LogP contribution >= 0.6 is 0 Å². The molecule has 1 heterocycles. The number of nitrogens with two attached hydrogens (primary N) is 1. The third-order valence-electron chi connectivity index (χ3n) is 2.93. The van der Waals surface area contributed by atoms with E-state index in [-0.39, 0.29) is 5.56 Å². The molecule has 1 atom stereocenters. The van der Waals surface area contributed by atoms with E-state index in [0.717, 1.165) is 12.3 Å². The molecule has 4 N–H and O–H groups in total. The number of hydrogen-bond acceptors (Lipinski definition) is 4. The Bertz CT molecular complexity index is 430. The molecule has 1 aromatic rings. The Morgan fingerprint density at radius 1 is 1.71 bits per heavy atom. The molecule has 1 aliphatic carbocycles. The quantitative estimate of drug-likeness (QED) is 0.726. The van der Waals surface area contributed by atoms with Gasteiger partial charge in [0.25, 0.3) is 0 Å². The summed E-state index contributed by atoms with van der Waals surface area (Å²) < 4.78 is 0. The average molecular weight is 235 g/mol. The summed E-state index contributed by atoms with van der Waals surface area (Å²) in [6.07, 6.45) is 5.06. The van der Waals surface area contributed by atoms with E-state index in [1.165, 1.54) is 25.1 Å². The van der Waals surface area contributed by atoms with Crippen molar-refractivity contribution in [2.75, 3.05) is 11.1 Å². The first-order valence-electron chi connectivity index (χ1n) is 5.81. The van der Waals surface area contributed by atoms with Gasteiger partial charge in [0, 0.05) is 12.2 Å². The van der Waals surface area contributed by atoms with Crippen LogP contribution in [0.15, 0.2) is 12.3 Å². The van der Waals surface area contributed by atoms with Crippen molar-refractivity contribution in [3.63, 3.8) is 0 Å². The van der Waals surface area contributed by atoms with E-state index < -0.39 is 5.97 Å². The highest BCUT2D eigenvalue weighted by Crippen LogP contribution is 2.34. The smallest absolute Gasteiger partial charge is 0.337 e. The first kappa shape index (κ1) is 11.7. The van der Waals surface area contributed by atoms with E-state index >= 15 is 0 Å². The lowest BCUT2D eigenvalue weighted by molar-refractivity contribution is 0.0696. The first-order valence-corrected chi connectivity index (χ1v) is 5.81. The molecular formula is C12H17N3O2. The van der Waals surface area contributed by atoms with Crippen molar-refractivity contribution in [2.45, 2.75) is 32.2 Å². The van der Waals surface area contributed by atoms with E-state index in [1.807, 2.05) is 0 Å². The van der Waals surface area contributed by atoms with Crippen molar-refractivity contribution in [1.82, 2.24) is 4.98 Å². The highest BCUT2D eigenvalue weighted by atomic mass is 16.4. The van der Waals surface area contributed by atoms with Gasteiger partial charge in [0.1, 0.15) is 5.82 Å². The van der Waals surface area contributed by atoms with Crippen LogP contribution in [-0.4, -0.2) is 22.1 Å². The van der Waals surface area contributed by atoms with Crippen LogP contribution in [0.1, 0.15) is 36.5 Å². The number of nitrogen functional groups attached to an aromatic ring is 1. The number of carbonyl (C=O) groups is 1. The van der Waals surface area contributed by atoms with Gasteiger partial charge in [-0.3, -0.25) is 0 Å². The third kappa shape index (κ3) is 3.09. The summed E-state index contributed by atoms with van der Waals surface area (Å²) in [7, 11) is 0. The van der Waals surface area contributed by atoms with E-state index in [2.05, 4.69) is 17.2 Å². The lowest BCUT2D eigenvalue weighted by atomic mass is 10.1. The van der Waals surface area contributed by atoms with Crippen LogP contribution in [0, 0.1) is 5.92 Å². The van der Waals surface area contributed by atoms with E-state index in [4.69, 9.17) is 10.8 Å². The number of nitrogens with zero attached hydrogens (tertiary/aromatic N) is 1. The minimum Gasteiger partial charge on any atom is -0.478 e. The Hall–Kier alpha value is -1.78. The molecule has 92 valence electrons. The van der Waals surface area contributed by atoms with Gasteiger partial charge in [-0.25, -0.2) is 9.78 Å². The van der Waals surface area contributed by atoms with Gasteiger partial charge >= 0.3 is 5.97 Å². The van der Waals surface area contributed by atoms with Crippen molar-refractivity contribution in [3.05, 3.63) is 17.8 Å². The summed E-state index contributed by atoms with van der Waals surface area (Å²) in [6, 6.07) is 1.74. The standard InChI is InChI=1S/C12H17N3O2/c1-7(4-8-2-3-8)15-11-10(13)5-9(6-14-11)12(16)17/h5-8H,2-4,13H2,1H3,(H,14,15)(H,16,17). The van der Waals surface area contributed by atoms with Crippen LogP contribution in [0.5, 0.6) is 0 Å². The van der Waals surface area contributed by atoms with Gasteiger partial charge in [0.05, 0.1) is 11.3 Å². The monoisotopic (exact) mass is 235 g/mol. The summed E-state index contributed by atoms with van der Waals surface area (Å²) in [5.41, 5.74) is 6.26. The minimum absolute atomic E-state index is 0.114. The summed E-state index contributed by atoms with van der Waals surface area (Å²) in [5.74, 6) is 0.391. The largest absolute Gasteiger partial charge is 0.478 e. The van der Waals surface area contributed by atoms with Crippen LogP contribution in [0.4, 0.5) is 11.5 Å². The number of carboxylic acids is 1. The van der Waals surface area contributed by atoms with Crippen LogP contribution in [0.25, 0.3) is 0 Å². The van der Waals surface area contributed by atoms with Crippen LogP contribution < -0.4 is 11.1 Å². The topological polar surface area (TPSA) is 88.2 Å². The Morgan fingerprint density at radius 2 is 2.41 bits per heavy atom. The molecule has 0 amide bonds. The lowest BCUT2D eigenvalue weighted by Gasteiger charge is -2.15. The molecule has 0 aliphatic heterocycles. The zero-order valence-electron chi connectivity index (χ0n) is 9.81. The molecule has 1 aliphatic rings. The molecule has 1 fully saturated rings. The molecule has 2 rings (SSSR count). The minimum atomic E-state index is -1.01. The number of nitrogens with one attached hydrogen (secondary N) is 1. The molecule has 5 heteroatoms. The van der Waals surface area contributed by atoms with Crippen molar-refractivity contribution < 1.29 is 9.90 Å². The fourth-order valence-corrected chi connectivity index (χ4v) is 1.87. The van der Waals surface area contributed by atoms with Crippen LogP contribution in [0.3, 0.4) is 0 Å². The Morgan fingerprint density at radius 3 is 2.94 bits per heavy atom. The van der Waals surface area contributed by atoms with Crippen molar-refractivity contribution in [3.8, 4) is 0 Å². The predicted octanol–water partition coefficient (Wildman–Crippen LogP) is 1.96. The molecule has 0 bridgehead atoms. The molecule has 1 saturated carbocycles. The highest BCUT2D eigenvalue weighted by molar-refractivity contribution is 5.89. The average Bonchev–Trinajstić information content (AvgIpc) is 3.04. The Balaban J connectivity index is 2.02. The Kier molecular flexibility index (Phi) is 3.17. The number of carboxylic acid groups (broad SMARTS) is 1. The zero-order chi connectivity index (χ0) is 12.4. The van der Waals surface area contributed by atoms with E-state index in [1.54, 1.807) is 0 Å². The predicted molar refractivity (Wildman–Crippen MR) is 66.0 cm³/mol. The second kappa shape index (κ2) is 4.61. The molecule has 5 nitrogen and oxygen atoms in total. The van der Waals surface area contributed by atoms with Crippen LogP contribution in [0.2, 0.25) is 0 Å². The Labute approximate surface area is 100 Å². The number of rotatable bonds is 5. The maximum atomic E-state index is 10.7. The maximum Gasteiger partial charge on any atom is 0.337 e. The number of aromatic carboxylic acids is 1. The molecule has 0 aromatic carbocycles. The van der Waals surface area contributed by atoms with E-state index in [9.17, 15) is 4.79 Å². The van der Waals surface area contributed by atoms with Gasteiger partial charge in [-0.05, 0) is 25.3 Å². The molecule has 1 unspecified atom stereocenters. The molecule has 1 aromatic heterocycles. The highest BCUT2D eigenvalue weighted by Gasteiger charge is 2.23. The van der Waals surface area contributed by atoms with Crippen LogP contribution in [-0.2, 0) is 0 Å². The van der Waals surface area contributed by atoms with Crippen molar-refractivity contribution in [1.29, 1.82) is 0 Å². The zero-order valence-corrected chi connectivity index (χ0v) is 9.81. The molecule has 0 saturated heterocycles. The number of pyridine rings is 1. The second-order valence-electron chi connectivity index (χ2n) is 4.69. The summed E-state index contributed by atoms with van der Waals surface area (Å²) in [5, 5.41) is 12.0. The molecule has 0 radical (unpaired) electrons. The number of hydrogen-bond donors (Lipinski definition) is 3. The van der Waals surface area contributed by atoms with Crippen molar-refractivity contribution >= 4 is 17.5 Å². The molecular weight excluding hydrogens is 218 g/mol. The van der Waals surface area contributed by atoms with Crippen molar-refractivity contribution in [2.24, 2.45) is 5.92 Å². The van der Waals surface area contributed by atoms with Gasteiger partial charge in [-0.2, -0.15) is 0 Å². The van der Waals surface area contributed by atoms with Gasteiger partial charge < -0.3 is 16.2 Å². The molecule has 17 heavy (non-hydrogen) atoms. The normalized spacial score (nSPS) is 16.5. The van der Waals surface area contributed by atoms with E-state index in [0.29, 0.717) is 17.5 Å². The maximum absolute atomic E-state index is 10.7. The van der Waals surface area contributed by atoms with Gasteiger partial charge in [-0.1, -0.05) is 12.8 Å². The number of anilines is 2. The first-order chi connectivity index (χ1) is 8.06. The summed E-state index contributed by atoms with van der Waals surface area (Å²) in [4.78, 5) is 14.8. The lowest BCUT2D eigenvalue weighted by Crippen LogP contribution is -2.18.